The lowest BCUT2D eigenvalue weighted by Crippen LogP contribution is -2.50. The van der Waals surface area contributed by atoms with Gasteiger partial charge in [0, 0.05) is 31.7 Å². The number of amidine groups is 1. The number of hydrogen-bond acceptors (Lipinski definition) is 4. The van der Waals surface area contributed by atoms with Gasteiger partial charge in [-0.2, -0.15) is 0 Å². The monoisotopic (exact) mass is 290 g/mol. The summed E-state index contributed by atoms with van der Waals surface area (Å²) < 4.78 is 0. The van der Waals surface area contributed by atoms with Gasteiger partial charge < -0.3 is 15.8 Å². The first-order chi connectivity index (χ1) is 9.99. The molecule has 1 aliphatic heterocycles. The summed E-state index contributed by atoms with van der Waals surface area (Å²) in [6, 6.07) is 5.92. The molecule has 1 aliphatic rings. The zero-order valence-corrected chi connectivity index (χ0v) is 12.5. The molecular weight excluding hydrogens is 268 g/mol. The van der Waals surface area contributed by atoms with Crippen LogP contribution in [-0.4, -0.2) is 59.5 Å². The second-order valence-electron chi connectivity index (χ2n) is 5.54. The molecule has 114 valence electrons. The van der Waals surface area contributed by atoms with Crippen molar-refractivity contribution in [1.82, 2.24) is 9.80 Å². The minimum Gasteiger partial charge on any atom is -0.409 e. The Morgan fingerprint density at radius 2 is 1.76 bits per heavy atom. The molecule has 1 saturated heterocycles. The van der Waals surface area contributed by atoms with Crippen LogP contribution in [0, 0.1) is 13.8 Å². The molecular formula is C15H22N4O2. The van der Waals surface area contributed by atoms with Gasteiger partial charge in [0.1, 0.15) is 0 Å². The molecule has 0 bridgehead atoms. The quantitative estimate of drug-likeness (QED) is 0.373. The minimum absolute atomic E-state index is 0.0743. The summed E-state index contributed by atoms with van der Waals surface area (Å²) in [7, 11) is 0. The molecule has 0 aliphatic carbocycles. The van der Waals surface area contributed by atoms with Crippen molar-refractivity contribution >= 4 is 11.7 Å². The molecule has 1 aromatic carbocycles. The van der Waals surface area contributed by atoms with Crippen LogP contribution < -0.4 is 5.73 Å². The molecule has 21 heavy (non-hydrogen) atoms. The van der Waals surface area contributed by atoms with Crippen molar-refractivity contribution in [2.45, 2.75) is 13.8 Å². The zero-order chi connectivity index (χ0) is 15.4. The Balaban J connectivity index is 1.97. The van der Waals surface area contributed by atoms with E-state index in [2.05, 4.69) is 16.1 Å². The van der Waals surface area contributed by atoms with Crippen molar-refractivity contribution in [2.75, 3.05) is 32.7 Å². The fraction of sp³-hybridized carbons (Fsp3) is 0.467. The number of carbonyl (C=O) groups is 1. The molecule has 0 atom stereocenters. The normalized spacial score (nSPS) is 17.0. The molecule has 2 rings (SSSR count). The molecule has 0 saturated carbocycles. The van der Waals surface area contributed by atoms with Crippen LogP contribution >= 0.6 is 0 Å². The smallest absolute Gasteiger partial charge is 0.253 e. The van der Waals surface area contributed by atoms with Crippen LogP contribution in [0.3, 0.4) is 0 Å². The number of nitrogens with two attached hydrogens (primary N) is 1. The maximum absolute atomic E-state index is 12.5. The number of benzene rings is 1. The number of piperazine rings is 1. The third-order valence-corrected chi connectivity index (χ3v) is 3.64. The van der Waals surface area contributed by atoms with E-state index in [9.17, 15) is 4.79 Å². The molecule has 6 heteroatoms. The Kier molecular flexibility index (Phi) is 4.80. The number of amides is 1. The Bertz CT molecular complexity index is 528. The van der Waals surface area contributed by atoms with Gasteiger partial charge in [-0.25, -0.2) is 0 Å². The van der Waals surface area contributed by atoms with Gasteiger partial charge in [0.15, 0.2) is 5.84 Å². The second kappa shape index (κ2) is 6.58. The Morgan fingerprint density at radius 1 is 1.19 bits per heavy atom. The van der Waals surface area contributed by atoms with Gasteiger partial charge in [0.2, 0.25) is 0 Å². The number of nitrogens with zero attached hydrogens (tertiary/aromatic N) is 3. The van der Waals surface area contributed by atoms with Gasteiger partial charge in [0.25, 0.3) is 5.91 Å². The lowest BCUT2D eigenvalue weighted by Gasteiger charge is -2.34. The minimum atomic E-state index is 0.0743. The standard InChI is InChI=1S/C15H22N4O2/c1-11-7-12(2)9-13(8-11)15(20)19-5-3-18(4-6-19)10-14(16)17-21/h7-9,21H,3-6,10H2,1-2H3,(H2,16,17). The van der Waals surface area contributed by atoms with Crippen LogP contribution in [0.5, 0.6) is 0 Å². The van der Waals surface area contributed by atoms with Crippen molar-refractivity contribution in [2.24, 2.45) is 10.9 Å². The van der Waals surface area contributed by atoms with Crippen molar-refractivity contribution in [1.29, 1.82) is 0 Å². The summed E-state index contributed by atoms with van der Waals surface area (Å²) in [5.74, 6) is 0.273. The maximum atomic E-state index is 12.5. The number of aryl methyl sites for hydroxylation is 2. The predicted molar refractivity (Wildman–Crippen MR) is 81.7 cm³/mol. The van der Waals surface area contributed by atoms with Gasteiger partial charge in [0.05, 0.1) is 6.54 Å². The summed E-state index contributed by atoms with van der Waals surface area (Å²) in [5, 5.41) is 11.6. The van der Waals surface area contributed by atoms with E-state index < -0.39 is 0 Å². The van der Waals surface area contributed by atoms with Crippen molar-refractivity contribution in [3.8, 4) is 0 Å². The first-order valence-corrected chi connectivity index (χ1v) is 7.06. The van der Waals surface area contributed by atoms with Gasteiger partial charge in [-0.05, 0) is 26.0 Å². The summed E-state index contributed by atoms with van der Waals surface area (Å²) in [6.45, 7) is 7.20. The largest absolute Gasteiger partial charge is 0.409 e. The number of rotatable bonds is 3. The van der Waals surface area contributed by atoms with Gasteiger partial charge >= 0.3 is 0 Å². The summed E-state index contributed by atoms with van der Waals surface area (Å²) >= 11 is 0. The molecule has 1 amide bonds. The lowest BCUT2D eigenvalue weighted by atomic mass is 10.1. The maximum Gasteiger partial charge on any atom is 0.253 e. The van der Waals surface area contributed by atoms with E-state index in [1.165, 1.54) is 0 Å². The number of oxime groups is 1. The second-order valence-corrected chi connectivity index (χ2v) is 5.54. The highest BCUT2D eigenvalue weighted by Crippen LogP contribution is 2.13. The molecule has 0 unspecified atom stereocenters. The summed E-state index contributed by atoms with van der Waals surface area (Å²) in [5.41, 5.74) is 8.45. The highest BCUT2D eigenvalue weighted by Gasteiger charge is 2.22. The van der Waals surface area contributed by atoms with Crippen LogP contribution in [0.4, 0.5) is 0 Å². The van der Waals surface area contributed by atoms with Crippen molar-refractivity contribution in [3.63, 3.8) is 0 Å². The average molecular weight is 290 g/mol. The highest BCUT2D eigenvalue weighted by atomic mass is 16.4. The first-order valence-electron chi connectivity index (χ1n) is 7.06. The fourth-order valence-electron chi connectivity index (χ4n) is 2.65. The van der Waals surface area contributed by atoms with E-state index in [4.69, 9.17) is 10.9 Å². The van der Waals surface area contributed by atoms with E-state index in [0.29, 0.717) is 19.6 Å². The van der Waals surface area contributed by atoms with E-state index >= 15 is 0 Å². The lowest BCUT2D eigenvalue weighted by molar-refractivity contribution is 0.0653. The number of carbonyl (C=O) groups excluding carboxylic acids is 1. The van der Waals surface area contributed by atoms with Crippen molar-refractivity contribution in [3.05, 3.63) is 34.9 Å². The van der Waals surface area contributed by atoms with E-state index in [0.717, 1.165) is 29.8 Å². The summed E-state index contributed by atoms with van der Waals surface area (Å²) in [4.78, 5) is 16.4. The van der Waals surface area contributed by atoms with Gasteiger partial charge in [-0.3, -0.25) is 9.69 Å². The SMILES string of the molecule is Cc1cc(C)cc(C(=O)N2CCN(CC(N)=NO)CC2)c1. The van der Waals surface area contributed by atoms with Gasteiger partial charge in [-0.1, -0.05) is 22.3 Å². The molecule has 1 aromatic rings. The molecule has 3 N–H and O–H groups in total. The third-order valence-electron chi connectivity index (χ3n) is 3.64. The van der Waals surface area contributed by atoms with Crippen molar-refractivity contribution < 1.29 is 10.0 Å². The molecule has 6 nitrogen and oxygen atoms in total. The Labute approximate surface area is 124 Å². The molecule has 0 spiro atoms. The van der Waals surface area contributed by atoms with Crippen LogP contribution in [0.1, 0.15) is 21.5 Å². The third kappa shape index (κ3) is 3.95. The molecule has 1 heterocycles. The van der Waals surface area contributed by atoms with Crippen LogP contribution in [0.15, 0.2) is 23.4 Å². The predicted octanol–water partition coefficient (Wildman–Crippen LogP) is 0.808. The molecule has 1 fully saturated rings. The van der Waals surface area contributed by atoms with Crippen LogP contribution in [0.25, 0.3) is 0 Å². The van der Waals surface area contributed by atoms with E-state index in [1.807, 2.05) is 30.9 Å². The zero-order valence-electron chi connectivity index (χ0n) is 12.5. The Hall–Kier alpha value is -2.08. The summed E-state index contributed by atoms with van der Waals surface area (Å²) in [6.07, 6.45) is 0. The molecule has 0 radical (unpaired) electrons. The average Bonchev–Trinajstić information content (AvgIpc) is 2.46. The van der Waals surface area contributed by atoms with Crippen LogP contribution in [-0.2, 0) is 0 Å². The first kappa shape index (κ1) is 15.3. The van der Waals surface area contributed by atoms with E-state index in [-0.39, 0.29) is 11.7 Å². The Morgan fingerprint density at radius 3 is 2.29 bits per heavy atom. The fourth-order valence-corrected chi connectivity index (χ4v) is 2.65. The van der Waals surface area contributed by atoms with E-state index in [1.54, 1.807) is 0 Å². The van der Waals surface area contributed by atoms with Gasteiger partial charge in [-0.15, -0.1) is 0 Å². The number of hydrogen-bond donors (Lipinski definition) is 2. The topological polar surface area (TPSA) is 82.2 Å². The van der Waals surface area contributed by atoms with Crippen LogP contribution in [0.2, 0.25) is 0 Å². The molecule has 0 aromatic heterocycles. The highest BCUT2D eigenvalue weighted by molar-refractivity contribution is 5.94.